The highest BCUT2D eigenvalue weighted by Crippen LogP contribution is 2.24. The number of aliphatic hydroxyl groups excluding tert-OH is 1. The Bertz CT molecular complexity index is 247. The SMILES string of the molecule is C[C@H]1C[C@H](CO)CCN1C(=O)OC(C)(C)C. The topological polar surface area (TPSA) is 49.8 Å². The molecule has 1 rings (SSSR count). The smallest absolute Gasteiger partial charge is 0.410 e. The van der Waals surface area contributed by atoms with Crippen LogP contribution in [0.3, 0.4) is 0 Å². The van der Waals surface area contributed by atoms with E-state index in [2.05, 4.69) is 0 Å². The second-order valence-corrected chi connectivity index (χ2v) is 5.60. The Morgan fingerprint density at radius 3 is 2.56 bits per heavy atom. The van der Waals surface area contributed by atoms with Gasteiger partial charge in [0.05, 0.1) is 0 Å². The number of ether oxygens (including phenoxy) is 1. The molecule has 0 unspecified atom stereocenters. The molecular formula is C12H23NO3. The molecule has 94 valence electrons. The van der Waals surface area contributed by atoms with Crippen LogP contribution in [0.25, 0.3) is 0 Å². The van der Waals surface area contributed by atoms with E-state index in [1.807, 2.05) is 27.7 Å². The van der Waals surface area contributed by atoms with Crippen LogP contribution in [0.15, 0.2) is 0 Å². The quantitative estimate of drug-likeness (QED) is 0.748. The van der Waals surface area contributed by atoms with Gasteiger partial charge in [-0.15, -0.1) is 0 Å². The van der Waals surface area contributed by atoms with E-state index in [0.29, 0.717) is 12.5 Å². The van der Waals surface area contributed by atoms with Gasteiger partial charge in [0.2, 0.25) is 0 Å². The molecule has 1 amide bonds. The predicted molar refractivity (Wildman–Crippen MR) is 62.2 cm³/mol. The second-order valence-electron chi connectivity index (χ2n) is 5.60. The van der Waals surface area contributed by atoms with Gasteiger partial charge in [0.25, 0.3) is 0 Å². The fourth-order valence-corrected chi connectivity index (χ4v) is 2.03. The minimum Gasteiger partial charge on any atom is -0.444 e. The van der Waals surface area contributed by atoms with Crippen LogP contribution in [-0.4, -0.2) is 40.9 Å². The van der Waals surface area contributed by atoms with Crippen LogP contribution in [0.2, 0.25) is 0 Å². The summed E-state index contributed by atoms with van der Waals surface area (Å²) in [7, 11) is 0. The van der Waals surface area contributed by atoms with Gasteiger partial charge in [0, 0.05) is 19.2 Å². The zero-order valence-corrected chi connectivity index (χ0v) is 10.7. The zero-order valence-electron chi connectivity index (χ0n) is 10.7. The molecule has 1 heterocycles. The molecular weight excluding hydrogens is 206 g/mol. The predicted octanol–water partition coefficient (Wildman–Crippen LogP) is 2.01. The van der Waals surface area contributed by atoms with Crippen LogP contribution in [0.5, 0.6) is 0 Å². The Balaban J connectivity index is 2.52. The van der Waals surface area contributed by atoms with Crippen molar-refractivity contribution in [1.82, 2.24) is 4.90 Å². The van der Waals surface area contributed by atoms with E-state index in [1.165, 1.54) is 0 Å². The number of aliphatic hydroxyl groups is 1. The number of amides is 1. The lowest BCUT2D eigenvalue weighted by Gasteiger charge is -2.37. The minimum absolute atomic E-state index is 0.153. The van der Waals surface area contributed by atoms with Crippen molar-refractivity contribution in [1.29, 1.82) is 0 Å². The Kier molecular flexibility index (Phi) is 4.19. The Hall–Kier alpha value is -0.770. The number of rotatable bonds is 1. The molecule has 0 radical (unpaired) electrons. The molecule has 0 spiro atoms. The molecule has 1 fully saturated rings. The maximum Gasteiger partial charge on any atom is 0.410 e. The van der Waals surface area contributed by atoms with Crippen molar-refractivity contribution < 1.29 is 14.6 Å². The van der Waals surface area contributed by atoms with Crippen LogP contribution >= 0.6 is 0 Å². The third-order valence-corrected chi connectivity index (χ3v) is 2.87. The zero-order chi connectivity index (χ0) is 12.3. The number of hydrogen-bond donors (Lipinski definition) is 1. The molecule has 0 aromatic carbocycles. The summed E-state index contributed by atoms with van der Waals surface area (Å²) in [5.41, 5.74) is -0.440. The van der Waals surface area contributed by atoms with Crippen LogP contribution in [0.4, 0.5) is 4.79 Å². The first-order valence-electron chi connectivity index (χ1n) is 5.94. The minimum atomic E-state index is -0.440. The van der Waals surface area contributed by atoms with Crippen LogP contribution in [-0.2, 0) is 4.74 Å². The van der Waals surface area contributed by atoms with Gasteiger partial charge in [-0.3, -0.25) is 0 Å². The molecule has 4 heteroatoms. The Morgan fingerprint density at radius 1 is 1.50 bits per heavy atom. The molecule has 1 aliphatic rings. The van der Waals surface area contributed by atoms with Gasteiger partial charge < -0.3 is 14.7 Å². The largest absolute Gasteiger partial charge is 0.444 e. The maximum atomic E-state index is 11.9. The van der Waals surface area contributed by atoms with E-state index < -0.39 is 5.60 Å². The molecule has 0 saturated carbocycles. The van der Waals surface area contributed by atoms with Gasteiger partial charge in [-0.1, -0.05) is 0 Å². The van der Waals surface area contributed by atoms with E-state index in [4.69, 9.17) is 9.84 Å². The summed E-state index contributed by atoms with van der Waals surface area (Å²) in [6, 6.07) is 0.153. The summed E-state index contributed by atoms with van der Waals surface area (Å²) in [5, 5.41) is 9.09. The van der Waals surface area contributed by atoms with Gasteiger partial charge >= 0.3 is 6.09 Å². The molecule has 0 aliphatic carbocycles. The Labute approximate surface area is 97.6 Å². The standard InChI is InChI=1S/C12H23NO3/c1-9-7-10(8-14)5-6-13(9)11(15)16-12(2,3)4/h9-10,14H,5-8H2,1-4H3/t9-,10+/m0/s1. The summed E-state index contributed by atoms with van der Waals surface area (Å²) in [4.78, 5) is 13.6. The van der Waals surface area contributed by atoms with Crippen LogP contribution < -0.4 is 0 Å². The van der Waals surface area contributed by atoms with Crippen molar-refractivity contribution in [3.63, 3.8) is 0 Å². The summed E-state index contributed by atoms with van der Waals surface area (Å²) in [6.07, 6.45) is 1.48. The fraction of sp³-hybridized carbons (Fsp3) is 0.917. The maximum absolute atomic E-state index is 11.9. The number of piperidine rings is 1. The third kappa shape index (κ3) is 3.67. The summed E-state index contributed by atoms with van der Waals surface area (Å²) < 4.78 is 5.34. The molecule has 16 heavy (non-hydrogen) atoms. The molecule has 0 aromatic rings. The highest BCUT2D eigenvalue weighted by Gasteiger charge is 2.31. The van der Waals surface area contributed by atoms with E-state index in [0.717, 1.165) is 12.8 Å². The summed E-state index contributed by atoms with van der Waals surface area (Å²) in [5.74, 6) is 0.327. The monoisotopic (exact) mass is 229 g/mol. The van der Waals surface area contributed by atoms with Crippen molar-refractivity contribution in [2.45, 2.75) is 52.2 Å². The van der Waals surface area contributed by atoms with Gasteiger partial charge in [-0.25, -0.2) is 4.79 Å². The highest BCUT2D eigenvalue weighted by atomic mass is 16.6. The van der Waals surface area contributed by atoms with Crippen molar-refractivity contribution in [2.24, 2.45) is 5.92 Å². The number of likely N-dealkylation sites (tertiary alicyclic amines) is 1. The average molecular weight is 229 g/mol. The van der Waals surface area contributed by atoms with Crippen LogP contribution in [0.1, 0.15) is 40.5 Å². The molecule has 2 atom stereocenters. The first-order valence-corrected chi connectivity index (χ1v) is 5.94. The van der Waals surface area contributed by atoms with Gasteiger partial charge in [0.15, 0.2) is 0 Å². The van der Waals surface area contributed by atoms with E-state index >= 15 is 0 Å². The molecule has 1 saturated heterocycles. The van der Waals surface area contributed by atoms with Crippen molar-refractivity contribution in [2.75, 3.05) is 13.2 Å². The summed E-state index contributed by atoms with van der Waals surface area (Å²) in [6.45, 7) is 8.52. The second kappa shape index (κ2) is 5.04. The molecule has 0 bridgehead atoms. The fourth-order valence-electron chi connectivity index (χ4n) is 2.03. The van der Waals surface area contributed by atoms with Gasteiger partial charge in [-0.05, 0) is 46.5 Å². The van der Waals surface area contributed by atoms with E-state index in [-0.39, 0.29) is 18.7 Å². The number of carbonyl (C=O) groups is 1. The number of nitrogens with zero attached hydrogens (tertiary/aromatic N) is 1. The van der Waals surface area contributed by atoms with E-state index in [9.17, 15) is 4.79 Å². The molecule has 1 aliphatic heterocycles. The highest BCUT2D eigenvalue weighted by molar-refractivity contribution is 5.68. The average Bonchev–Trinajstić information content (AvgIpc) is 2.14. The molecule has 1 N–H and O–H groups in total. The van der Waals surface area contributed by atoms with Gasteiger partial charge in [-0.2, -0.15) is 0 Å². The summed E-state index contributed by atoms with van der Waals surface area (Å²) >= 11 is 0. The number of hydrogen-bond acceptors (Lipinski definition) is 3. The number of carbonyl (C=O) groups excluding carboxylic acids is 1. The van der Waals surface area contributed by atoms with Crippen molar-refractivity contribution in [3.8, 4) is 0 Å². The molecule has 4 nitrogen and oxygen atoms in total. The lowest BCUT2D eigenvalue weighted by atomic mass is 9.93. The lowest BCUT2D eigenvalue weighted by Crippen LogP contribution is -2.47. The first-order chi connectivity index (χ1) is 7.33. The van der Waals surface area contributed by atoms with Crippen molar-refractivity contribution >= 4 is 6.09 Å². The first kappa shape index (κ1) is 13.3. The van der Waals surface area contributed by atoms with Crippen molar-refractivity contribution in [3.05, 3.63) is 0 Å². The molecule has 0 aromatic heterocycles. The van der Waals surface area contributed by atoms with Crippen LogP contribution in [0, 0.1) is 5.92 Å². The van der Waals surface area contributed by atoms with E-state index in [1.54, 1.807) is 4.90 Å². The normalized spacial score (nSPS) is 26.7. The lowest BCUT2D eigenvalue weighted by molar-refractivity contribution is 0.00358. The third-order valence-electron chi connectivity index (χ3n) is 2.87. The Morgan fingerprint density at radius 2 is 2.12 bits per heavy atom. The van der Waals surface area contributed by atoms with Gasteiger partial charge in [0.1, 0.15) is 5.60 Å².